The fourth-order valence-electron chi connectivity index (χ4n) is 4.37. The molecule has 1 atom stereocenters. The van der Waals surface area contributed by atoms with E-state index >= 15 is 0 Å². The van der Waals surface area contributed by atoms with Gasteiger partial charge in [0.05, 0.1) is 0 Å². The highest BCUT2D eigenvalue weighted by atomic mass is 14.3. The number of aryl methyl sites for hydroxylation is 2. The van der Waals surface area contributed by atoms with E-state index in [1.54, 1.807) is 0 Å². The van der Waals surface area contributed by atoms with E-state index in [1.165, 1.54) is 50.1 Å². The Bertz CT molecular complexity index is 990. The summed E-state index contributed by atoms with van der Waals surface area (Å²) >= 11 is 0. The van der Waals surface area contributed by atoms with Crippen LogP contribution in [-0.4, -0.2) is 0 Å². The van der Waals surface area contributed by atoms with E-state index in [9.17, 15) is 0 Å². The number of fused-ring (bicyclic) bond motifs is 3. The van der Waals surface area contributed by atoms with Gasteiger partial charge >= 0.3 is 0 Å². The second-order valence-electron chi connectivity index (χ2n) is 7.13. The predicted molar refractivity (Wildman–Crippen MR) is 101 cm³/mol. The molecular weight excluding hydrogens is 288 g/mol. The van der Waals surface area contributed by atoms with Crippen molar-refractivity contribution in [1.29, 1.82) is 0 Å². The Labute approximate surface area is 143 Å². The van der Waals surface area contributed by atoms with Gasteiger partial charge in [-0.05, 0) is 64.8 Å². The van der Waals surface area contributed by atoms with Gasteiger partial charge in [-0.3, -0.25) is 0 Å². The summed E-state index contributed by atoms with van der Waals surface area (Å²) in [7, 11) is 0. The first-order chi connectivity index (χ1) is 11.7. The molecule has 3 aromatic rings. The van der Waals surface area contributed by atoms with Crippen molar-refractivity contribution in [1.82, 2.24) is 0 Å². The molecule has 0 spiro atoms. The van der Waals surface area contributed by atoms with Crippen molar-refractivity contribution in [2.75, 3.05) is 0 Å². The lowest BCUT2D eigenvalue weighted by molar-refractivity contribution is 0.818. The summed E-state index contributed by atoms with van der Waals surface area (Å²) < 4.78 is 0. The smallest absolute Gasteiger partial charge is 0.00681 e. The van der Waals surface area contributed by atoms with Crippen molar-refractivity contribution < 1.29 is 0 Å². The Balaban J connectivity index is 1.79. The van der Waals surface area contributed by atoms with Crippen molar-refractivity contribution >= 4 is 5.57 Å². The number of hydrogen-bond acceptors (Lipinski definition) is 0. The minimum atomic E-state index is 0.467. The maximum atomic E-state index is 2.51. The highest BCUT2D eigenvalue weighted by molar-refractivity contribution is 6.03. The van der Waals surface area contributed by atoms with Crippen LogP contribution in [0.3, 0.4) is 0 Å². The zero-order chi connectivity index (χ0) is 16.3. The zero-order valence-corrected chi connectivity index (χ0v) is 14.1. The average molecular weight is 308 g/mol. The van der Waals surface area contributed by atoms with E-state index in [2.05, 4.69) is 80.6 Å². The molecule has 24 heavy (non-hydrogen) atoms. The standard InChI is InChI=1S/C24H20/c1-15-8-10-19-20-11-9-16(2)21-13-18(17-6-4-3-5-7-17)14-23(24(20)21)22(19)12-15/h3-12,14,18H,13H2,1-2H3. The van der Waals surface area contributed by atoms with Crippen LogP contribution in [0.5, 0.6) is 0 Å². The van der Waals surface area contributed by atoms with Gasteiger partial charge in [-0.25, -0.2) is 0 Å². The lowest BCUT2D eigenvalue weighted by atomic mass is 9.79. The summed E-state index contributed by atoms with van der Waals surface area (Å²) in [6.07, 6.45) is 3.61. The van der Waals surface area contributed by atoms with Crippen molar-refractivity contribution in [2.45, 2.75) is 26.2 Å². The summed E-state index contributed by atoms with van der Waals surface area (Å²) in [5.41, 5.74) is 12.9. The van der Waals surface area contributed by atoms with Crippen LogP contribution in [0.2, 0.25) is 0 Å². The minimum Gasteiger partial charge on any atom is -0.0681 e. The van der Waals surface area contributed by atoms with E-state index in [0.717, 1.165) is 6.42 Å². The molecule has 0 radical (unpaired) electrons. The fraction of sp³-hybridized carbons (Fsp3) is 0.167. The summed E-state index contributed by atoms with van der Waals surface area (Å²) in [5, 5.41) is 0. The van der Waals surface area contributed by atoms with Crippen LogP contribution in [0.4, 0.5) is 0 Å². The molecule has 2 aliphatic rings. The van der Waals surface area contributed by atoms with Gasteiger partial charge in [0.1, 0.15) is 0 Å². The van der Waals surface area contributed by atoms with Crippen LogP contribution >= 0.6 is 0 Å². The molecule has 0 saturated heterocycles. The molecule has 3 aromatic carbocycles. The van der Waals surface area contributed by atoms with Crippen molar-refractivity contribution in [3.63, 3.8) is 0 Å². The monoisotopic (exact) mass is 308 g/mol. The molecule has 0 heterocycles. The van der Waals surface area contributed by atoms with E-state index in [1.807, 2.05) is 0 Å². The van der Waals surface area contributed by atoms with E-state index in [0.29, 0.717) is 5.92 Å². The molecule has 0 aromatic heterocycles. The third-order valence-electron chi connectivity index (χ3n) is 5.59. The molecule has 0 fully saturated rings. The van der Waals surface area contributed by atoms with E-state index in [4.69, 9.17) is 0 Å². The van der Waals surface area contributed by atoms with E-state index < -0.39 is 0 Å². The third-order valence-corrected chi connectivity index (χ3v) is 5.59. The van der Waals surface area contributed by atoms with Crippen LogP contribution < -0.4 is 0 Å². The molecule has 0 heteroatoms. The quantitative estimate of drug-likeness (QED) is 0.401. The first-order valence-corrected chi connectivity index (χ1v) is 8.73. The maximum absolute atomic E-state index is 2.51. The van der Waals surface area contributed by atoms with Crippen molar-refractivity contribution in [2.24, 2.45) is 0 Å². The number of allylic oxidation sites excluding steroid dienone is 1. The highest BCUT2D eigenvalue weighted by Crippen LogP contribution is 2.51. The third kappa shape index (κ3) is 1.86. The van der Waals surface area contributed by atoms with Crippen LogP contribution in [0.25, 0.3) is 16.7 Å². The normalized spacial score (nSPS) is 17.2. The van der Waals surface area contributed by atoms with Crippen LogP contribution in [0.15, 0.2) is 66.7 Å². The lowest BCUT2D eigenvalue weighted by Gasteiger charge is -2.24. The Morgan fingerprint density at radius 1 is 0.792 bits per heavy atom. The Hall–Kier alpha value is -2.60. The molecule has 2 aliphatic carbocycles. The molecule has 0 amide bonds. The highest BCUT2D eigenvalue weighted by Gasteiger charge is 2.31. The van der Waals surface area contributed by atoms with Gasteiger partial charge in [-0.15, -0.1) is 0 Å². The summed E-state index contributed by atoms with van der Waals surface area (Å²) in [6, 6.07) is 22.4. The Kier molecular flexibility index (Phi) is 2.84. The largest absolute Gasteiger partial charge is 0.0681 e. The van der Waals surface area contributed by atoms with Crippen LogP contribution in [0.1, 0.15) is 39.3 Å². The van der Waals surface area contributed by atoms with Gasteiger partial charge < -0.3 is 0 Å². The fourth-order valence-corrected chi connectivity index (χ4v) is 4.37. The molecular formula is C24H20. The van der Waals surface area contributed by atoms with Gasteiger partial charge in [0.2, 0.25) is 0 Å². The maximum Gasteiger partial charge on any atom is 0.00681 e. The van der Waals surface area contributed by atoms with Gasteiger partial charge in [-0.2, -0.15) is 0 Å². The summed E-state index contributed by atoms with van der Waals surface area (Å²) in [6.45, 7) is 4.45. The molecule has 5 rings (SSSR count). The molecule has 0 aliphatic heterocycles. The first kappa shape index (κ1) is 13.8. The van der Waals surface area contributed by atoms with Gasteiger partial charge in [0, 0.05) is 5.92 Å². The van der Waals surface area contributed by atoms with E-state index in [-0.39, 0.29) is 0 Å². The summed E-state index contributed by atoms with van der Waals surface area (Å²) in [4.78, 5) is 0. The molecule has 0 saturated carbocycles. The number of benzene rings is 3. The molecule has 0 nitrogen and oxygen atoms in total. The number of hydrogen-bond donors (Lipinski definition) is 0. The van der Waals surface area contributed by atoms with Crippen LogP contribution in [0, 0.1) is 13.8 Å². The zero-order valence-electron chi connectivity index (χ0n) is 14.1. The van der Waals surface area contributed by atoms with Gasteiger partial charge in [0.15, 0.2) is 0 Å². The SMILES string of the molecule is Cc1ccc2c(c1)C1=CC(c3ccccc3)Cc3c(C)ccc-2c31. The second kappa shape index (κ2) is 4.95. The van der Waals surface area contributed by atoms with Crippen LogP contribution in [-0.2, 0) is 6.42 Å². The van der Waals surface area contributed by atoms with Crippen molar-refractivity contribution in [3.8, 4) is 11.1 Å². The average Bonchev–Trinajstić information content (AvgIpc) is 2.93. The molecule has 0 N–H and O–H groups in total. The number of rotatable bonds is 1. The minimum absolute atomic E-state index is 0.467. The van der Waals surface area contributed by atoms with Crippen molar-refractivity contribution in [3.05, 3.63) is 100 Å². The Morgan fingerprint density at radius 2 is 1.58 bits per heavy atom. The van der Waals surface area contributed by atoms with Gasteiger partial charge in [0.25, 0.3) is 0 Å². The second-order valence-corrected chi connectivity index (χ2v) is 7.13. The molecule has 1 unspecified atom stereocenters. The lowest BCUT2D eigenvalue weighted by Crippen LogP contribution is -2.10. The Morgan fingerprint density at radius 3 is 2.42 bits per heavy atom. The predicted octanol–water partition coefficient (Wildman–Crippen LogP) is 6.06. The van der Waals surface area contributed by atoms with Gasteiger partial charge in [-0.1, -0.05) is 72.3 Å². The molecule has 0 bridgehead atoms. The first-order valence-electron chi connectivity index (χ1n) is 8.73. The molecule has 116 valence electrons. The topological polar surface area (TPSA) is 0 Å². The summed E-state index contributed by atoms with van der Waals surface area (Å²) in [5.74, 6) is 0.467.